The quantitative estimate of drug-likeness (QED) is 0.852. The van der Waals surface area contributed by atoms with Gasteiger partial charge in [-0.05, 0) is 36.8 Å². The molecule has 2 aromatic rings. The lowest BCUT2D eigenvalue weighted by Gasteiger charge is -2.17. The fourth-order valence-electron chi connectivity index (χ4n) is 1.53. The van der Waals surface area contributed by atoms with E-state index in [1.807, 2.05) is 13.0 Å². The molecule has 0 saturated heterocycles. The van der Waals surface area contributed by atoms with E-state index in [0.29, 0.717) is 16.6 Å². The van der Waals surface area contributed by atoms with Gasteiger partial charge in [0.1, 0.15) is 11.6 Å². The van der Waals surface area contributed by atoms with E-state index in [-0.39, 0.29) is 0 Å². The first-order chi connectivity index (χ1) is 8.96. The Morgan fingerprint density at radius 2 is 2.11 bits per heavy atom. The van der Waals surface area contributed by atoms with Gasteiger partial charge in [-0.1, -0.05) is 23.7 Å². The van der Waals surface area contributed by atoms with Gasteiger partial charge >= 0.3 is 7.52 Å². The smallest absolute Gasteiger partial charge is 0.339 e. The molecule has 100 valence electrons. The van der Waals surface area contributed by atoms with Crippen molar-refractivity contribution in [3.8, 4) is 5.75 Å². The van der Waals surface area contributed by atoms with E-state index < -0.39 is 7.52 Å². The van der Waals surface area contributed by atoms with Crippen LogP contribution in [0.4, 0.5) is 5.82 Å². The molecule has 1 N–H and O–H groups in total. The average molecular weight is 297 g/mol. The Bertz CT molecular complexity index is 619. The van der Waals surface area contributed by atoms with Crippen LogP contribution in [-0.4, -0.2) is 11.6 Å². The third kappa shape index (κ3) is 3.98. The number of aromatic nitrogens is 1. The van der Waals surface area contributed by atoms with Crippen LogP contribution in [-0.2, 0) is 4.57 Å². The molecule has 0 fully saturated rings. The maximum atomic E-state index is 12.4. The molecule has 19 heavy (non-hydrogen) atoms. The fraction of sp³-hybridized carbons (Fsp3) is 0.154. The van der Waals surface area contributed by atoms with Gasteiger partial charge in [0.2, 0.25) is 0 Å². The van der Waals surface area contributed by atoms with Gasteiger partial charge < -0.3 is 4.52 Å². The summed E-state index contributed by atoms with van der Waals surface area (Å²) in [4.78, 5) is 4.05. The van der Waals surface area contributed by atoms with Crippen molar-refractivity contribution in [2.45, 2.75) is 6.92 Å². The summed E-state index contributed by atoms with van der Waals surface area (Å²) in [6.45, 7) is 3.40. The summed E-state index contributed by atoms with van der Waals surface area (Å²) < 4.78 is 17.9. The molecule has 1 aromatic carbocycles. The van der Waals surface area contributed by atoms with Gasteiger partial charge in [-0.15, -0.1) is 0 Å². The highest BCUT2D eigenvalue weighted by Crippen LogP contribution is 2.44. The predicted molar refractivity (Wildman–Crippen MR) is 78.2 cm³/mol. The minimum Gasteiger partial charge on any atom is -0.427 e. The molecule has 0 saturated carbocycles. The van der Waals surface area contributed by atoms with Crippen LogP contribution in [0.25, 0.3) is 0 Å². The zero-order chi connectivity index (χ0) is 13.9. The van der Waals surface area contributed by atoms with Crippen molar-refractivity contribution >= 4 is 24.9 Å². The van der Waals surface area contributed by atoms with E-state index in [0.717, 1.165) is 5.56 Å². The maximum absolute atomic E-state index is 12.4. The van der Waals surface area contributed by atoms with Crippen LogP contribution in [0.15, 0.2) is 42.6 Å². The lowest BCUT2D eigenvalue weighted by molar-refractivity contribution is 0.493. The van der Waals surface area contributed by atoms with Crippen LogP contribution in [0.5, 0.6) is 5.75 Å². The van der Waals surface area contributed by atoms with Gasteiger partial charge in [0.05, 0.1) is 5.02 Å². The van der Waals surface area contributed by atoms with Crippen molar-refractivity contribution in [3.63, 3.8) is 0 Å². The van der Waals surface area contributed by atoms with Crippen molar-refractivity contribution in [1.82, 2.24) is 4.98 Å². The minimum absolute atomic E-state index is 0.399. The Kier molecular flexibility index (Phi) is 4.13. The van der Waals surface area contributed by atoms with Crippen LogP contribution in [0.2, 0.25) is 5.02 Å². The van der Waals surface area contributed by atoms with E-state index in [2.05, 4.69) is 10.1 Å². The Morgan fingerprint density at radius 3 is 2.79 bits per heavy atom. The summed E-state index contributed by atoms with van der Waals surface area (Å²) in [6, 6.07) is 10.6. The summed E-state index contributed by atoms with van der Waals surface area (Å²) >= 11 is 6.02. The number of hydrogen-bond donors (Lipinski definition) is 1. The molecular weight excluding hydrogens is 283 g/mol. The molecule has 1 aromatic heterocycles. The van der Waals surface area contributed by atoms with Gasteiger partial charge in [0.25, 0.3) is 0 Å². The second-order valence-electron chi connectivity index (χ2n) is 4.20. The molecule has 0 aliphatic heterocycles. The van der Waals surface area contributed by atoms with Gasteiger partial charge in [-0.25, -0.2) is 4.98 Å². The molecular formula is C13H14ClN2O2P. The standard InChI is InChI=1S/C13H14ClN2O2P/c1-10-6-7-11(14)12(9-10)18-19(2,17)16-13-5-3-4-8-15-13/h3-9H,1-2H3,(H,15,16,17). The largest absolute Gasteiger partial charge is 0.427 e. The van der Waals surface area contributed by atoms with Crippen LogP contribution in [0.1, 0.15) is 5.56 Å². The molecule has 0 bridgehead atoms. The lowest BCUT2D eigenvalue weighted by atomic mass is 10.2. The van der Waals surface area contributed by atoms with Crippen molar-refractivity contribution in [1.29, 1.82) is 0 Å². The molecule has 1 atom stereocenters. The number of rotatable bonds is 4. The predicted octanol–water partition coefficient (Wildman–Crippen LogP) is 4.36. The molecule has 0 radical (unpaired) electrons. The third-order valence-corrected chi connectivity index (χ3v) is 3.83. The first kappa shape index (κ1) is 13.9. The zero-order valence-electron chi connectivity index (χ0n) is 10.6. The highest BCUT2D eigenvalue weighted by atomic mass is 35.5. The molecule has 0 amide bonds. The molecule has 4 nitrogen and oxygen atoms in total. The Morgan fingerprint density at radius 1 is 1.32 bits per heavy atom. The number of benzene rings is 1. The van der Waals surface area contributed by atoms with Crippen molar-refractivity contribution in [2.75, 3.05) is 11.8 Å². The summed E-state index contributed by atoms with van der Waals surface area (Å²) in [7, 11) is -3.08. The summed E-state index contributed by atoms with van der Waals surface area (Å²) in [5.41, 5.74) is 0.984. The van der Waals surface area contributed by atoms with E-state index in [4.69, 9.17) is 16.1 Å². The Hall–Kier alpha value is -1.51. The molecule has 0 aliphatic carbocycles. The topological polar surface area (TPSA) is 51.2 Å². The van der Waals surface area contributed by atoms with Crippen molar-refractivity contribution in [2.24, 2.45) is 0 Å². The van der Waals surface area contributed by atoms with Gasteiger partial charge in [-0.3, -0.25) is 9.65 Å². The third-order valence-electron chi connectivity index (χ3n) is 2.34. The van der Waals surface area contributed by atoms with Gasteiger partial charge in [0.15, 0.2) is 0 Å². The number of aryl methyl sites for hydroxylation is 1. The number of halogens is 1. The van der Waals surface area contributed by atoms with Crippen LogP contribution in [0, 0.1) is 6.92 Å². The second kappa shape index (κ2) is 5.64. The molecule has 1 unspecified atom stereocenters. The molecule has 0 spiro atoms. The van der Waals surface area contributed by atoms with Crippen LogP contribution >= 0.6 is 19.1 Å². The monoisotopic (exact) mass is 296 g/mol. The van der Waals surface area contributed by atoms with Crippen LogP contribution in [0.3, 0.4) is 0 Å². The average Bonchev–Trinajstić information content (AvgIpc) is 2.34. The maximum Gasteiger partial charge on any atom is 0.339 e. The molecule has 1 heterocycles. The number of hydrogen-bond acceptors (Lipinski definition) is 3. The van der Waals surface area contributed by atoms with Gasteiger partial charge in [0, 0.05) is 12.9 Å². The van der Waals surface area contributed by atoms with E-state index in [9.17, 15) is 4.57 Å². The second-order valence-corrected chi connectivity index (χ2v) is 6.70. The SMILES string of the molecule is Cc1ccc(Cl)c(OP(C)(=O)Nc2ccccn2)c1. The first-order valence-corrected chi connectivity index (χ1v) is 8.14. The van der Waals surface area contributed by atoms with Crippen LogP contribution < -0.4 is 9.61 Å². The van der Waals surface area contributed by atoms with E-state index in [1.165, 1.54) is 6.66 Å². The fourth-order valence-corrected chi connectivity index (χ4v) is 2.86. The number of nitrogens with zero attached hydrogens (tertiary/aromatic N) is 1. The number of pyridine rings is 1. The highest BCUT2D eigenvalue weighted by Gasteiger charge is 2.19. The number of nitrogens with one attached hydrogen (secondary N) is 1. The summed E-state index contributed by atoms with van der Waals surface area (Å²) in [5.74, 6) is 0.896. The summed E-state index contributed by atoms with van der Waals surface area (Å²) in [6.07, 6.45) is 1.61. The van der Waals surface area contributed by atoms with E-state index in [1.54, 1.807) is 36.5 Å². The molecule has 0 aliphatic rings. The number of anilines is 1. The normalized spacial score (nSPS) is 13.6. The van der Waals surface area contributed by atoms with Gasteiger partial charge in [-0.2, -0.15) is 0 Å². The zero-order valence-corrected chi connectivity index (χ0v) is 12.3. The van der Waals surface area contributed by atoms with Crippen molar-refractivity contribution in [3.05, 3.63) is 53.2 Å². The first-order valence-electron chi connectivity index (χ1n) is 5.69. The Balaban J connectivity index is 2.17. The highest BCUT2D eigenvalue weighted by molar-refractivity contribution is 7.60. The van der Waals surface area contributed by atoms with Crippen molar-refractivity contribution < 1.29 is 9.09 Å². The molecule has 2 rings (SSSR count). The van der Waals surface area contributed by atoms with E-state index >= 15 is 0 Å². The minimum atomic E-state index is -3.08. The summed E-state index contributed by atoms with van der Waals surface area (Å²) in [5, 5.41) is 3.20. The Labute approximate surface area is 117 Å². The molecule has 6 heteroatoms. The lowest BCUT2D eigenvalue weighted by Crippen LogP contribution is -2.03.